The highest BCUT2D eigenvalue weighted by molar-refractivity contribution is 6.03. The SMILES string of the molecule is COc1ccc(N2CC(=O)c3cc(OC)cc(C#N)c3C2)cc1. The Labute approximate surface area is 134 Å². The molecular formula is C18H16N2O3. The van der Waals surface area contributed by atoms with E-state index in [1.54, 1.807) is 19.2 Å². The lowest BCUT2D eigenvalue weighted by molar-refractivity contribution is 0.0991. The smallest absolute Gasteiger partial charge is 0.182 e. The Morgan fingerprint density at radius 2 is 1.74 bits per heavy atom. The zero-order valence-electron chi connectivity index (χ0n) is 13.0. The Bertz CT molecular complexity index is 791. The highest BCUT2D eigenvalue weighted by atomic mass is 16.5. The number of benzene rings is 2. The van der Waals surface area contributed by atoms with E-state index < -0.39 is 0 Å². The van der Waals surface area contributed by atoms with E-state index in [1.807, 2.05) is 29.2 Å². The molecule has 5 nitrogen and oxygen atoms in total. The summed E-state index contributed by atoms with van der Waals surface area (Å²) in [6.45, 7) is 0.789. The Hall–Kier alpha value is -3.00. The van der Waals surface area contributed by atoms with Gasteiger partial charge in [0.1, 0.15) is 11.5 Å². The molecule has 0 bridgehead atoms. The van der Waals surface area contributed by atoms with E-state index in [1.165, 1.54) is 7.11 Å². The quantitative estimate of drug-likeness (QED) is 0.872. The summed E-state index contributed by atoms with van der Waals surface area (Å²) in [5.41, 5.74) is 2.72. The summed E-state index contributed by atoms with van der Waals surface area (Å²) in [5.74, 6) is 1.28. The molecule has 0 spiro atoms. The standard InChI is InChI=1S/C18H16N2O3/c1-22-14-5-3-13(4-6-14)20-10-17-12(9-19)7-15(23-2)8-16(17)18(21)11-20/h3-8H,10-11H2,1-2H3. The van der Waals surface area contributed by atoms with E-state index in [0.717, 1.165) is 17.0 Å². The minimum atomic E-state index is -0.0162. The van der Waals surface area contributed by atoms with Gasteiger partial charge in [0.2, 0.25) is 0 Å². The number of methoxy groups -OCH3 is 2. The van der Waals surface area contributed by atoms with Gasteiger partial charge in [-0.3, -0.25) is 4.79 Å². The fourth-order valence-electron chi connectivity index (χ4n) is 2.76. The zero-order valence-corrected chi connectivity index (χ0v) is 13.0. The van der Waals surface area contributed by atoms with Gasteiger partial charge in [-0.2, -0.15) is 5.26 Å². The third-order valence-electron chi connectivity index (χ3n) is 4.00. The molecule has 2 aromatic rings. The predicted molar refractivity (Wildman–Crippen MR) is 86.1 cm³/mol. The summed E-state index contributed by atoms with van der Waals surface area (Å²) in [4.78, 5) is 14.5. The molecule has 0 atom stereocenters. The van der Waals surface area contributed by atoms with Crippen LogP contribution in [-0.2, 0) is 6.54 Å². The van der Waals surface area contributed by atoms with Gasteiger partial charge >= 0.3 is 0 Å². The second-order valence-corrected chi connectivity index (χ2v) is 5.29. The molecule has 2 aromatic carbocycles. The largest absolute Gasteiger partial charge is 0.497 e. The molecule has 116 valence electrons. The molecule has 0 saturated heterocycles. The number of Topliss-reactive ketones (excluding diaryl/α,β-unsaturated/α-hetero) is 1. The number of carbonyl (C=O) groups excluding carboxylic acids is 1. The van der Waals surface area contributed by atoms with E-state index in [2.05, 4.69) is 6.07 Å². The van der Waals surface area contributed by atoms with E-state index >= 15 is 0 Å². The summed E-state index contributed by atoms with van der Waals surface area (Å²) in [6, 6.07) is 13.1. The van der Waals surface area contributed by atoms with Crippen LogP contribution in [0.2, 0.25) is 0 Å². The van der Waals surface area contributed by atoms with Crippen molar-refractivity contribution in [3.8, 4) is 17.6 Å². The first-order valence-corrected chi connectivity index (χ1v) is 7.19. The third kappa shape index (κ3) is 2.71. The first kappa shape index (κ1) is 14.9. The van der Waals surface area contributed by atoms with Gasteiger partial charge in [0.25, 0.3) is 0 Å². The second kappa shape index (κ2) is 6.01. The monoisotopic (exact) mass is 308 g/mol. The summed E-state index contributed by atoms with van der Waals surface area (Å²) < 4.78 is 10.3. The first-order chi connectivity index (χ1) is 11.2. The maximum absolute atomic E-state index is 12.5. The molecule has 0 aromatic heterocycles. The van der Waals surface area contributed by atoms with Crippen molar-refractivity contribution in [3.63, 3.8) is 0 Å². The summed E-state index contributed by atoms with van der Waals surface area (Å²) in [6.07, 6.45) is 0. The molecule has 5 heteroatoms. The minimum Gasteiger partial charge on any atom is -0.497 e. The molecule has 0 unspecified atom stereocenters. The average molecular weight is 308 g/mol. The molecule has 0 N–H and O–H groups in total. The van der Waals surface area contributed by atoms with Gasteiger partial charge in [-0.05, 0) is 36.4 Å². The average Bonchev–Trinajstić information content (AvgIpc) is 2.61. The van der Waals surface area contributed by atoms with Crippen LogP contribution in [0, 0.1) is 11.3 Å². The Kier molecular flexibility index (Phi) is 3.90. The van der Waals surface area contributed by atoms with Crippen molar-refractivity contribution in [2.24, 2.45) is 0 Å². The summed E-state index contributed by atoms with van der Waals surface area (Å²) in [7, 11) is 3.14. The van der Waals surface area contributed by atoms with Crippen molar-refractivity contribution in [1.82, 2.24) is 0 Å². The Balaban J connectivity index is 1.99. The van der Waals surface area contributed by atoms with Crippen LogP contribution in [0.3, 0.4) is 0 Å². The van der Waals surface area contributed by atoms with E-state index in [4.69, 9.17) is 9.47 Å². The molecular weight excluding hydrogens is 292 g/mol. The van der Waals surface area contributed by atoms with Crippen LogP contribution >= 0.6 is 0 Å². The number of carbonyl (C=O) groups is 1. The minimum absolute atomic E-state index is 0.0162. The van der Waals surface area contributed by atoms with Crippen molar-refractivity contribution < 1.29 is 14.3 Å². The number of ether oxygens (including phenoxy) is 2. The third-order valence-corrected chi connectivity index (χ3v) is 4.00. The highest BCUT2D eigenvalue weighted by Gasteiger charge is 2.26. The number of rotatable bonds is 3. The number of nitrogens with zero attached hydrogens (tertiary/aromatic N) is 2. The molecule has 23 heavy (non-hydrogen) atoms. The maximum Gasteiger partial charge on any atom is 0.182 e. The van der Waals surface area contributed by atoms with Crippen LogP contribution in [0.5, 0.6) is 11.5 Å². The molecule has 0 amide bonds. The van der Waals surface area contributed by atoms with Crippen molar-refractivity contribution >= 4 is 11.5 Å². The van der Waals surface area contributed by atoms with Gasteiger partial charge in [-0.25, -0.2) is 0 Å². The lowest BCUT2D eigenvalue weighted by atomic mass is 9.93. The number of anilines is 1. The molecule has 0 saturated carbocycles. The number of hydrogen-bond donors (Lipinski definition) is 0. The second-order valence-electron chi connectivity index (χ2n) is 5.29. The maximum atomic E-state index is 12.5. The fraction of sp³-hybridized carbons (Fsp3) is 0.222. The van der Waals surface area contributed by atoms with Gasteiger partial charge in [0.15, 0.2) is 5.78 Å². The molecule has 0 fully saturated rings. The number of hydrogen-bond acceptors (Lipinski definition) is 5. The van der Waals surface area contributed by atoms with Crippen LogP contribution in [0.15, 0.2) is 36.4 Å². The van der Waals surface area contributed by atoms with Crippen LogP contribution in [0.1, 0.15) is 21.5 Å². The molecule has 1 heterocycles. The summed E-state index contributed by atoms with van der Waals surface area (Å²) >= 11 is 0. The van der Waals surface area contributed by atoms with Gasteiger partial charge in [-0.15, -0.1) is 0 Å². The predicted octanol–water partition coefficient (Wildman–Crippen LogP) is 2.78. The van der Waals surface area contributed by atoms with Gasteiger partial charge in [-0.1, -0.05) is 0 Å². The van der Waals surface area contributed by atoms with Crippen LogP contribution in [0.4, 0.5) is 5.69 Å². The topological polar surface area (TPSA) is 62.6 Å². The molecule has 1 aliphatic heterocycles. The van der Waals surface area contributed by atoms with Crippen LogP contribution in [0.25, 0.3) is 0 Å². The van der Waals surface area contributed by atoms with Crippen molar-refractivity contribution in [2.75, 3.05) is 25.7 Å². The fourth-order valence-corrected chi connectivity index (χ4v) is 2.76. The number of fused-ring (bicyclic) bond motifs is 1. The lowest BCUT2D eigenvalue weighted by Gasteiger charge is -2.30. The van der Waals surface area contributed by atoms with E-state index in [9.17, 15) is 10.1 Å². The Morgan fingerprint density at radius 3 is 2.35 bits per heavy atom. The van der Waals surface area contributed by atoms with Crippen molar-refractivity contribution in [2.45, 2.75) is 6.54 Å². The zero-order chi connectivity index (χ0) is 16.4. The van der Waals surface area contributed by atoms with Crippen LogP contribution in [-0.4, -0.2) is 26.5 Å². The lowest BCUT2D eigenvalue weighted by Crippen LogP contribution is -2.35. The highest BCUT2D eigenvalue weighted by Crippen LogP contribution is 2.30. The van der Waals surface area contributed by atoms with Crippen molar-refractivity contribution in [1.29, 1.82) is 5.26 Å². The van der Waals surface area contributed by atoms with Crippen molar-refractivity contribution in [3.05, 3.63) is 53.1 Å². The van der Waals surface area contributed by atoms with Gasteiger partial charge < -0.3 is 14.4 Å². The number of ketones is 1. The normalized spacial score (nSPS) is 13.3. The number of nitriles is 1. The van der Waals surface area contributed by atoms with E-state index in [0.29, 0.717) is 23.4 Å². The molecule has 0 radical (unpaired) electrons. The van der Waals surface area contributed by atoms with Gasteiger partial charge in [0, 0.05) is 23.4 Å². The Morgan fingerprint density at radius 1 is 1.04 bits per heavy atom. The van der Waals surface area contributed by atoms with Crippen LogP contribution < -0.4 is 14.4 Å². The van der Waals surface area contributed by atoms with E-state index in [-0.39, 0.29) is 12.3 Å². The first-order valence-electron chi connectivity index (χ1n) is 7.19. The van der Waals surface area contributed by atoms with Gasteiger partial charge in [0.05, 0.1) is 32.4 Å². The molecule has 3 rings (SSSR count). The summed E-state index contributed by atoms with van der Waals surface area (Å²) in [5, 5.41) is 9.37. The molecule has 0 aliphatic carbocycles. The molecule has 1 aliphatic rings.